The number of nitro groups is 1. The van der Waals surface area contributed by atoms with Gasteiger partial charge in [0.15, 0.2) is 0 Å². The topological polar surface area (TPSA) is 116 Å². The summed E-state index contributed by atoms with van der Waals surface area (Å²) in [6.45, 7) is 0. The molecule has 2 aromatic rings. The minimum absolute atomic E-state index is 0.0797. The maximum absolute atomic E-state index is 12.7. The highest BCUT2D eigenvalue weighted by atomic mass is 32.3. The lowest BCUT2D eigenvalue weighted by molar-refractivity contribution is -0.384. The quantitative estimate of drug-likeness (QED) is 0.520. The molecule has 0 aliphatic heterocycles. The van der Waals surface area contributed by atoms with Crippen molar-refractivity contribution in [3.05, 3.63) is 58.6 Å². The van der Waals surface area contributed by atoms with Crippen LogP contribution in [0.25, 0.3) is 0 Å². The van der Waals surface area contributed by atoms with Crippen molar-refractivity contribution in [3.63, 3.8) is 0 Å². The average molecular weight is 340 g/mol. The Morgan fingerprint density at radius 1 is 1.09 bits per heavy atom. The first-order valence-corrected chi connectivity index (χ1v) is 7.42. The van der Waals surface area contributed by atoms with Crippen molar-refractivity contribution in [2.45, 2.75) is 4.90 Å². The molecule has 0 heterocycles. The predicted molar refractivity (Wildman–Crippen MR) is 77.5 cm³/mol. The van der Waals surface area contributed by atoms with Crippen LogP contribution in [0.15, 0.2) is 53.4 Å². The Kier molecular flexibility index (Phi) is 4.55. The number of rotatable bonds is 4. The normalized spacial score (nSPS) is 10.8. The Balaban J connectivity index is 2.00. The minimum Gasteiger partial charge on any atom is -0.410 e. The van der Waals surface area contributed by atoms with E-state index >= 15 is 0 Å². The van der Waals surface area contributed by atoms with Crippen LogP contribution in [0.2, 0.25) is 0 Å². The number of nitrogens with one attached hydrogen (secondary N) is 1. The summed E-state index contributed by atoms with van der Waals surface area (Å²) >= 11 is 0. The molecule has 2 rings (SSSR count). The fourth-order valence-electron chi connectivity index (χ4n) is 1.59. The molecule has 2 aromatic carbocycles. The van der Waals surface area contributed by atoms with Crippen LogP contribution in [0, 0.1) is 10.1 Å². The van der Waals surface area contributed by atoms with Gasteiger partial charge in [0.25, 0.3) is 5.69 Å². The summed E-state index contributed by atoms with van der Waals surface area (Å²) in [5.41, 5.74) is 0.0325. The molecule has 0 aliphatic rings. The second-order valence-electron chi connectivity index (χ2n) is 4.23. The summed E-state index contributed by atoms with van der Waals surface area (Å²) in [6.07, 6.45) is -0.894. The maximum Gasteiger partial charge on any atom is 0.417 e. The van der Waals surface area contributed by atoms with E-state index in [4.69, 9.17) is 4.74 Å². The van der Waals surface area contributed by atoms with E-state index in [0.29, 0.717) is 0 Å². The van der Waals surface area contributed by atoms with Gasteiger partial charge in [-0.25, -0.2) is 4.79 Å². The molecule has 0 fully saturated rings. The van der Waals surface area contributed by atoms with Gasteiger partial charge >= 0.3 is 16.3 Å². The molecule has 0 unspecified atom stereocenters. The molecule has 0 spiro atoms. The van der Waals surface area contributed by atoms with Gasteiger partial charge in [0.05, 0.1) is 9.82 Å². The van der Waals surface area contributed by atoms with Crippen molar-refractivity contribution < 1.29 is 26.8 Å². The number of halogens is 1. The van der Waals surface area contributed by atoms with Crippen LogP contribution in [0.3, 0.4) is 0 Å². The number of carbonyl (C=O) groups excluding carboxylic acids is 1. The zero-order chi connectivity index (χ0) is 17.0. The standard InChI is InChI=1S/C13H9FN2O6S/c14-23(20,21)12-7-1-9(2-8-12)15-13(17)22-11-5-3-10(4-6-11)16(18)19/h1-8H,(H,15,17). The SMILES string of the molecule is O=C(Nc1ccc(S(=O)(=O)F)cc1)Oc1ccc([N+](=O)[O-])cc1. The molecule has 1 N–H and O–H groups in total. The van der Waals surface area contributed by atoms with Gasteiger partial charge < -0.3 is 4.74 Å². The third-order valence-electron chi connectivity index (χ3n) is 2.64. The third kappa shape index (κ3) is 4.48. The summed E-state index contributed by atoms with van der Waals surface area (Å²) in [5, 5.41) is 12.8. The molecule has 120 valence electrons. The van der Waals surface area contributed by atoms with Gasteiger partial charge in [-0.1, -0.05) is 0 Å². The van der Waals surface area contributed by atoms with Gasteiger partial charge in [0, 0.05) is 17.8 Å². The molecule has 0 aliphatic carbocycles. The number of ether oxygens (including phenoxy) is 1. The van der Waals surface area contributed by atoms with Gasteiger partial charge in [-0.15, -0.1) is 3.89 Å². The van der Waals surface area contributed by atoms with E-state index in [1.54, 1.807) is 0 Å². The Hall–Kier alpha value is -3.01. The molecule has 0 saturated carbocycles. The highest BCUT2D eigenvalue weighted by molar-refractivity contribution is 7.86. The summed E-state index contributed by atoms with van der Waals surface area (Å²) in [5.74, 6) is 0.0797. The largest absolute Gasteiger partial charge is 0.417 e. The number of carbonyl (C=O) groups is 1. The number of amides is 1. The number of nitrogens with zero attached hydrogens (tertiary/aromatic N) is 1. The van der Waals surface area contributed by atoms with Crippen LogP contribution < -0.4 is 10.1 Å². The van der Waals surface area contributed by atoms with E-state index in [1.807, 2.05) is 0 Å². The Bertz CT molecular complexity index is 834. The molecule has 23 heavy (non-hydrogen) atoms. The van der Waals surface area contributed by atoms with E-state index in [9.17, 15) is 27.2 Å². The van der Waals surface area contributed by atoms with E-state index < -0.39 is 26.1 Å². The van der Waals surface area contributed by atoms with Crippen LogP contribution in [0.5, 0.6) is 5.75 Å². The molecule has 0 saturated heterocycles. The smallest absolute Gasteiger partial charge is 0.410 e. The second kappa shape index (κ2) is 6.40. The Labute approximate surface area is 129 Å². The number of benzene rings is 2. The van der Waals surface area contributed by atoms with Gasteiger partial charge in [-0.05, 0) is 36.4 Å². The van der Waals surface area contributed by atoms with Gasteiger partial charge in [0.1, 0.15) is 5.75 Å². The van der Waals surface area contributed by atoms with E-state index in [0.717, 1.165) is 12.1 Å². The summed E-state index contributed by atoms with van der Waals surface area (Å²) in [7, 11) is -4.81. The van der Waals surface area contributed by atoms with Crippen molar-refractivity contribution >= 4 is 27.7 Å². The fourth-order valence-corrected chi connectivity index (χ4v) is 2.05. The molecule has 0 aromatic heterocycles. The Morgan fingerprint density at radius 3 is 2.13 bits per heavy atom. The molecule has 1 amide bonds. The lowest BCUT2D eigenvalue weighted by Crippen LogP contribution is -2.16. The number of anilines is 1. The van der Waals surface area contributed by atoms with Crippen LogP contribution in [0.1, 0.15) is 0 Å². The summed E-state index contributed by atoms with van der Waals surface area (Å²) in [4.78, 5) is 21.0. The van der Waals surface area contributed by atoms with E-state index in [1.165, 1.54) is 36.4 Å². The molecule has 8 nitrogen and oxygen atoms in total. The second-order valence-corrected chi connectivity index (χ2v) is 5.57. The molecular formula is C13H9FN2O6S. The lowest BCUT2D eigenvalue weighted by atomic mass is 10.3. The first-order valence-electron chi connectivity index (χ1n) is 6.04. The van der Waals surface area contributed by atoms with Crippen molar-refractivity contribution in [2.75, 3.05) is 5.32 Å². The minimum atomic E-state index is -4.81. The molecule has 0 radical (unpaired) electrons. The first kappa shape index (κ1) is 16.4. The lowest BCUT2D eigenvalue weighted by Gasteiger charge is -2.06. The fraction of sp³-hybridized carbons (Fsp3) is 0. The summed E-state index contributed by atoms with van der Waals surface area (Å²) < 4.78 is 38.9. The highest BCUT2D eigenvalue weighted by Crippen LogP contribution is 2.19. The van der Waals surface area contributed by atoms with Crippen LogP contribution in [-0.2, 0) is 10.2 Å². The zero-order valence-corrected chi connectivity index (χ0v) is 12.1. The van der Waals surface area contributed by atoms with Gasteiger partial charge in [0.2, 0.25) is 0 Å². The number of nitro benzene ring substituents is 1. The maximum atomic E-state index is 12.7. The average Bonchev–Trinajstić information content (AvgIpc) is 2.47. The molecular weight excluding hydrogens is 331 g/mol. The van der Waals surface area contributed by atoms with Gasteiger partial charge in [-0.2, -0.15) is 8.42 Å². The van der Waals surface area contributed by atoms with E-state index in [2.05, 4.69) is 5.32 Å². The zero-order valence-electron chi connectivity index (χ0n) is 11.3. The molecule has 0 atom stereocenters. The van der Waals surface area contributed by atoms with Crippen LogP contribution >= 0.6 is 0 Å². The van der Waals surface area contributed by atoms with Crippen LogP contribution in [0.4, 0.5) is 20.1 Å². The number of non-ortho nitro benzene ring substituents is 1. The van der Waals surface area contributed by atoms with Gasteiger partial charge in [-0.3, -0.25) is 15.4 Å². The monoisotopic (exact) mass is 340 g/mol. The Morgan fingerprint density at radius 2 is 1.65 bits per heavy atom. The van der Waals surface area contributed by atoms with Crippen molar-refractivity contribution in [1.82, 2.24) is 0 Å². The van der Waals surface area contributed by atoms with Crippen molar-refractivity contribution in [2.24, 2.45) is 0 Å². The van der Waals surface area contributed by atoms with Crippen LogP contribution in [-0.4, -0.2) is 19.4 Å². The third-order valence-corrected chi connectivity index (χ3v) is 3.48. The highest BCUT2D eigenvalue weighted by Gasteiger charge is 2.12. The molecule has 10 heteroatoms. The van der Waals surface area contributed by atoms with Crippen molar-refractivity contribution in [1.29, 1.82) is 0 Å². The van der Waals surface area contributed by atoms with Crippen molar-refractivity contribution in [3.8, 4) is 5.75 Å². The molecule has 0 bridgehead atoms. The number of hydrogen-bond donors (Lipinski definition) is 1. The predicted octanol–water partition coefficient (Wildman–Crippen LogP) is 2.86. The number of hydrogen-bond acceptors (Lipinski definition) is 6. The summed E-state index contributed by atoms with van der Waals surface area (Å²) in [6, 6.07) is 9.17. The first-order chi connectivity index (χ1) is 10.8. The van der Waals surface area contributed by atoms with E-state index in [-0.39, 0.29) is 17.1 Å².